The number of thiophene rings is 1. The predicted octanol–water partition coefficient (Wildman–Crippen LogP) is 4.59. The van der Waals surface area contributed by atoms with Crippen molar-refractivity contribution >= 4 is 43.7 Å². The first-order valence-corrected chi connectivity index (χ1v) is 9.83. The Morgan fingerprint density at radius 2 is 2.38 bits per heavy atom. The quantitative estimate of drug-likeness (QED) is 0.815. The first-order valence-electron chi connectivity index (χ1n) is 7.34. The van der Waals surface area contributed by atoms with E-state index in [1.54, 1.807) is 11.3 Å². The number of hydrogen-bond donors (Lipinski definition) is 1. The molecular formula is C15H20BrN3S2. The largest absolute Gasteiger partial charge is 0.347 e. The second kappa shape index (κ2) is 6.77. The predicted molar refractivity (Wildman–Crippen MR) is 95.6 cm³/mol. The van der Waals surface area contributed by atoms with Crippen LogP contribution in [0, 0.1) is 0 Å². The molecule has 1 aliphatic carbocycles. The molecule has 1 aliphatic rings. The number of halogens is 1. The molecule has 0 bridgehead atoms. The highest BCUT2D eigenvalue weighted by Gasteiger charge is 2.25. The van der Waals surface area contributed by atoms with Crippen LogP contribution in [0.3, 0.4) is 0 Å². The number of nitrogens with zero attached hydrogens (tertiary/aromatic N) is 2. The van der Waals surface area contributed by atoms with Crippen LogP contribution in [0.1, 0.15) is 41.9 Å². The molecule has 3 nitrogen and oxygen atoms in total. The van der Waals surface area contributed by atoms with Crippen LogP contribution in [-0.4, -0.2) is 18.6 Å². The number of aromatic nitrogens is 1. The topological polar surface area (TPSA) is 28.2 Å². The van der Waals surface area contributed by atoms with Crippen molar-refractivity contribution in [3.05, 3.63) is 31.4 Å². The average molecular weight is 386 g/mol. The fourth-order valence-corrected chi connectivity index (χ4v) is 5.11. The van der Waals surface area contributed by atoms with Gasteiger partial charge in [0.15, 0.2) is 5.13 Å². The Bertz CT molecular complexity index is 608. The van der Waals surface area contributed by atoms with Crippen LogP contribution in [-0.2, 0) is 13.0 Å². The normalized spacial score (nSPS) is 17.8. The van der Waals surface area contributed by atoms with Gasteiger partial charge >= 0.3 is 0 Å². The van der Waals surface area contributed by atoms with E-state index in [1.807, 2.05) is 11.3 Å². The summed E-state index contributed by atoms with van der Waals surface area (Å²) in [5.74, 6) is 0. The van der Waals surface area contributed by atoms with E-state index >= 15 is 0 Å². The van der Waals surface area contributed by atoms with E-state index in [1.165, 1.54) is 39.2 Å². The van der Waals surface area contributed by atoms with E-state index in [4.69, 9.17) is 4.98 Å². The first-order chi connectivity index (χ1) is 10.2. The fourth-order valence-electron chi connectivity index (χ4n) is 2.78. The van der Waals surface area contributed by atoms with Gasteiger partial charge in [-0.3, -0.25) is 0 Å². The molecule has 0 fully saturated rings. The number of nitrogens with one attached hydrogen (secondary N) is 1. The van der Waals surface area contributed by atoms with Gasteiger partial charge in [-0.1, -0.05) is 6.92 Å². The van der Waals surface area contributed by atoms with Crippen molar-refractivity contribution in [2.24, 2.45) is 0 Å². The highest BCUT2D eigenvalue weighted by molar-refractivity contribution is 9.11. The lowest BCUT2D eigenvalue weighted by Crippen LogP contribution is -2.24. The molecule has 0 saturated heterocycles. The molecule has 0 aromatic carbocycles. The third kappa shape index (κ3) is 3.50. The van der Waals surface area contributed by atoms with Crippen molar-refractivity contribution < 1.29 is 0 Å². The van der Waals surface area contributed by atoms with E-state index in [0.717, 1.165) is 18.2 Å². The van der Waals surface area contributed by atoms with E-state index in [-0.39, 0.29) is 0 Å². The molecule has 0 radical (unpaired) electrons. The summed E-state index contributed by atoms with van der Waals surface area (Å²) < 4.78 is 1.19. The van der Waals surface area contributed by atoms with Crippen LogP contribution in [0.15, 0.2) is 15.2 Å². The Morgan fingerprint density at radius 1 is 1.52 bits per heavy atom. The van der Waals surface area contributed by atoms with Crippen molar-refractivity contribution in [1.82, 2.24) is 10.3 Å². The summed E-state index contributed by atoms with van der Waals surface area (Å²) in [6, 6.07) is 2.64. The summed E-state index contributed by atoms with van der Waals surface area (Å²) in [5.41, 5.74) is 2.63. The molecule has 0 aliphatic heterocycles. The molecule has 2 aromatic rings. The molecule has 21 heavy (non-hydrogen) atoms. The molecule has 3 rings (SSSR count). The minimum Gasteiger partial charge on any atom is -0.347 e. The Balaban J connectivity index is 1.76. The molecular weight excluding hydrogens is 366 g/mol. The van der Waals surface area contributed by atoms with Crippen LogP contribution in [0.4, 0.5) is 5.13 Å². The summed E-state index contributed by atoms with van der Waals surface area (Å²) in [4.78, 5) is 8.66. The van der Waals surface area contributed by atoms with Gasteiger partial charge in [0.05, 0.1) is 15.5 Å². The van der Waals surface area contributed by atoms with Gasteiger partial charge in [-0.2, -0.15) is 0 Å². The van der Waals surface area contributed by atoms with E-state index < -0.39 is 0 Å². The Kier molecular flexibility index (Phi) is 4.99. The number of rotatable bonds is 5. The highest BCUT2D eigenvalue weighted by atomic mass is 79.9. The Hall–Kier alpha value is -0.430. The van der Waals surface area contributed by atoms with Gasteiger partial charge in [0.2, 0.25) is 0 Å². The Morgan fingerprint density at radius 3 is 3.10 bits per heavy atom. The number of thiazole rings is 1. The number of anilines is 1. The monoisotopic (exact) mass is 385 g/mol. The molecule has 1 N–H and O–H groups in total. The fraction of sp³-hybridized carbons (Fsp3) is 0.533. The number of aryl methyl sites for hydroxylation is 1. The minimum absolute atomic E-state index is 0.451. The van der Waals surface area contributed by atoms with Crippen LogP contribution >= 0.6 is 38.6 Å². The zero-order valence-corrected chi connectivity index (χ0v) is 15.6. The molecule has 114 valence electrons. The van der Waals surface area contributed by atoms with E-state index in [0.29, 0.717) is 6.04 Å². The Labute approximate surface area is 142 Å². The van der Waals surface area contributed by atoms with Gasteiger partial charge in [-0.05, 0) is 58.7 Å². The summed E-state index contributed by atoms with van der Waals surface area (Å²) in [5, 5.41) is 6.92. The second-order valence-corrected chi connectivity index (χ2v) is 8.78. The lowest BCUT2D eigenvalue weighted by atomic mass is 9.98. The van der Waals surface area contributed by atoms with Gasteiger partial charge in [0.25, 0.3) is 0 Å². The van der Waals surface area contributed by atoms with Crippen molar-refractivity contribution in [1.29, 1.82) is 0 Å². The van der Waals surface area contributed by atoms with E-state index in [2.05, 4.69) is 51.6 Å². The summed E-state index contributed by atoms with van der Waals surface area (Å²) in [6.45, 7) is 4.10. The smallest absolute Gasteiger partial charge is 0.185 e. The summed E-state index contributed by atoms with van der Waals surface area (Å²) in [7, 11) is 2.14. The van der Waals surface area contributed by atoms with Crippen molar-refractivity contribution in [2.75, 3.05) is 18.5 Å². The maximum absolute atomic E-state index is 4.93. The maximum Gasteiger partial charge on any atom is 0.185 e. The molecule has 2 heterocycles. The summed E-state index contributed by atoms with van der Waals surface area (Å²) >= 11 is 7.13. The molecule has 6 heteroatoms. The molecule has 0 spiro atoms. The molecule has 0 amide bonds. The lowest BCUT2D eigenvalue weighted by Gasteiger charge is -2.21. The highest BCUT2D eigenvalue weighted by Crippen LogP contribution is 2.37. The third-order valence-electron chi connectivity index (χ3n) is 3.76. The zero-order chi connectivity index (χ0) is 14.8. The second-order valence-electron chi connectivity index (χ2n) is 5.42. The van der Waals surface area contributed by atoms with Gasteiger partial charge < -0.3 is 10.2 Å². The molecule has 1 atom stereocenters. The van der Waals surface area contributed by atoms with Gasteiger partial charge in [0.1, 0.15) is 0 Å². The van der Waals surface area contributed by atoms with Crippen molar-refractivity contribution in [3.8, 4) is 0 Å². The van der Waals surface area contributed by atoms with E-state index in [9.17, 15) is 0 Å². The average Bonchev–Trinajstić information content (AvgIpc) is 3.06. The lowest BCUT2D eigenvalue weighted by molar-refractivity contribution is 0.465. The SMILES string of the molecule is CCNC1CCCc2sc(N(C)Cc3csc(Br)c3)nc21. The van der Waals surface area contributed by atoms with Crippen molar-refractivity contribution in [2.45, 2.75) is 38.8 Å². The number of hydrogen-bond acceptors (Lipinski definition) is 5. The standard InChI is InChI=1S/C15H20BrN3S2/c1-3-17-11-5-4-6-12-14(11)18-15(21-12)19(2)8-10-7-13(16)20-9-10/h7,9,11,17H,3-6,8H2,1-2H3. The maximum atomic E-state index is 4.93. The van der Waals surface area contributed by atoms with Gasteiger partial charge in [0, 0.05) is 18.5 Å². The van der Waals surface area contributed by atoms with Crippen LogP contribution in [0.2, 0.25) is 0 Å². The third-order valence-corrected chi connectivity index (χ3v) is 6.56. The first kappa shape index (κ1) is 15.5. The van der Waals surface area contributed by atoms with Crippen LogP contribution < -0.4 is 10.2 Å². The van der Waals surface area contributed by atoms with Gasteiger partial charge in [-0.25, -0.2) is 4.98 Å². The minimum atomic E-state index is 0.451. The zero-order valence-electron chi connectivity index (χ0n) is 12.4. The number of fused-ring (bicyclic) bond motifs is 1. The molecule has 1 unspecified atom stereocenters. The van der Waals surface area contributed by atoms with Crippen molar-refractivity contribution in [3.63, 3.8) is 0 Å². The van der Waals surface area contributed by atoms with Gasteiger partial charge in [-0.15, -0.1) is 22.7 Å². The summed E-state index contributed by atoms with van der Waals surface area (Å²) in [6.07, 6.45) is 3.67. The molecule has 2 aromatic heterocycles. The molecule has 0 saturated carbocycles. The van der Waals surface area contributed by atoms with Crippen LogP contribution in [0.5, 0.6) is 0 Å². The van der Waals surface area contributed by atoms with Crippen LogP contribution in [0.25, 0.3) is 0 Å².